The highest BCUT2D eigenvalue weighted by Gasteiger charge is 2.16. The van der Waals surface area contributed by atoms with Crippen LogP contribution in [0.5, 0.6) is 5.75 Å². The maximum atomic E-state index is 13.3. The molecule has 0 saturated carbocycles. The summed E-state index contributed by atoms with van der Waals surface area (Å²) in [6.07, 6.45) is 1.27. The molecule has 112 valence electrons. The Morgan fingerprint density at radius 2 is 1.71 bits per heavy atom. The summed E-state index contributed by atoms with van der Waals surface area (Å²) in [5.41, 5.74) is 1.49. The molecule has 0 aromatic heterocycles. The Morgan fingerprint density at radius 3 is 2.33 bits per heavy atom. The normalized spacial score (nSPS) is 12.2. The van der Waals surface area contributed by atoms with E-state index in [9.17, 15) is 8.78 Å². The van der Waals surface area contributed by atoms with Gasteiger partial charge in [0.05, 0.1) is 12.5 Å². The van der Waals surface area contributed by atoms with Crippen molar-refractivity contribution in [3.63, 3.8) is 0 Å². The number of rotatable bonds is 5. The van der Waals surface area contributed by atoms with Gasteiger partial charge in [-0.1, -0.05) is 23.7 Å². The molecule has 0 radical (unpaired) electrons. The van der Waals surface area contributed by atoms with Crippen LogP contribution in [0.4, 0.5) is 8.78 Å². The highest BCUT2D eigenvalue weighted by atomic mass is 35.5. The molecule has 2 aromatic carbocycles. The summed E-state index contributed by atoms with van der Waals surface area (Å²) in [4.78, 5) is 0. The summed E-state index contributed by atoms with van der Waals surface area (Å²) in [6, 6.07) is 9.62. The molecule has 1 atom stereocenters. The zero-order valence-electron chi connectivity index (χ0n) is 11.4. The lowest BCUT2D eigenvalue weighted by Crippen LogP contribution is -1.98. The minimum atomic E-state index is -0.970. The van der Waals surface area contributed by atoms with Gasteiger partial charge in [0, 0.05) is 5.02 Å². The average molecular weight is 331 g/mol. The van der Waals surface area contributed by atoms with Crippen molar-refractivity contribution < 1.29 is 13.5 Å². The van der Waals surface area contributed by atoms with Gasteiger partial charge in [-0.25, -0.2) is 8.78 Å². The van der Waals surface area contributed by atoms with E-state index >= 15 is 0 Å². The number of methoxy groups -OCH3 is 1. The topological polar surface area (TPSA) is 9.23 Å². The Bertz CT molecular complexity index is 614. The van der Waals surface area contributed by atoms with E-state index in [0.717, 1.165) is 23.4 Å². The molecule has 0 heterocycles. The van der Waals surface area contributed by atoms with E-state index < -0.39 is 17.0 Å². The highest BCUT2D eigenvalue weighted by Crippen LogP contribution is 2.33. The second-order valence-corrected chi connectivity index (χ2v) is 5.58. The Morgan fingerprint density at radius 1 is 1.10 bits per heavy atom. The van der Waals surface area contributed by atoms with Crippen molar-refractivity contribution in [2.75, 3.05) is 7.11 Å². The molecular formula is C16H14Cl2F2O. The van der Waals surface area contributed by atoms with E-state index in [-0.39, 0.29) is 5.02 Å². The zero-order valence-corrected chi connectivity index (χ0v) is 12.9. The fraction of sp³-hybridized carbons (Fsp3) is 0.250. The number of aryl methyl sites for hydroxylation is 1. The molecule has 0 aliphatic rings. The Hall–Kier alpha value is -1.32. The molecule has 0 aliphatic heterocycles. The van der Waals surface area contributed by atoms with Gasteiger partial charge in [-0.2, -0.15) is 0 Å². The van der Waals surface area contributed by atoms with Crippen molar-refractivity contribution >= 4 is 23.2 Å². The monoisotopic (exact) mass is 330 g/mol. The van der Waals surface area contributed by atoms with Gasteiger partial charge in [-0.15, -0.1) is 11.6 Å². The number of ether oxygens (including phenoxy) is 1. The predicted molar refractivity (Wildman–Crippen MR) is 81.3 cm³/mol. The minimum absolute atomic E-state index is 0.142. The van der Waals surface area contributed by atoms with Crippen LogP contribution >= 0.6 is 23.2 Å². The molecule has 1 unspecified atom stereocenters. The summed E-state index contributed by atoms with van der Waals surface area (Å²) < 4.78 is 31.4. The first-order chi connectivity index (χ1) is 10.0. The molecule has 0 saturated heterocycles. The van der Waals surface area contributed by atoms with E-state index in [1.807, 2.05) is 24.3 Å². The number of alkyl halides is 1. The summed E-state index contributed by atoms with van der Waals surface area (Å²) in [5, 5.41) is -0.335. The molecule has 0 fully saturated rings. The number of hydrogen-bond donors (Lipinski definition) is 0. The average Bonchev–Trinajstić information content (AvgIpc) is 2.49. The second-order valence-electron chi connectivity index (χ2n) is 4.64. The first kappa shape index (κ1) is 16.1. The van der Waals surface area contributed by atoms with Crippen molar-refractivity contribution in [1.29, 1.82) is 0 Å². The molecule has 1 nitrogen and oxygen atoms in total. The lowest BCUT2D eigenvalue weighted by molar-refractivity contribution is 0.414. The van der Waals surface area contributed by atoms with Crippen molar-refractivity contribution in [3.8, 4) is 5.75 Å². The predicted octanol–water partition coefficient (Wildman–Crippen LogP) is 5.54. The van der Waals surface area contributed by atoms with Crippen molar-refractivity contribution in [2.24, 2.45) is 0 Å². The first-order valence-corrected chi connectivity index (χ1v) is 7.24. The fourth-order valence-electron chi connectivity index (χ4n) is 2.02. The van der Waals surface area contributed by atoms with Crippen LogP contribution < -0.4 is 4.74 Å². The van der Waals surface area contributed by atoms with Crippen molar-refractivity contribution in [3.05, 3.63) is 64.2 Å². The van der Waals surface area contributed by atoms with Gasteiger partial charge >= 0.3 is 0 Å². The summed E-state index contributed by atoms with van der Waals surface area (Å²) in [5.74, 6) is -1.13. The Labute approximate surface area is 132 Å². The highest BCUT2D eigenvalue weighted by molar-refractivity contribution is 6.32. The molecule has 2 aromatic rings. The van der Waals surface area contributed by atoms with Gasteiger partial charge in [-0.3, -0.25) is 0 Å². The molecule has 0 amide bonds. The van der Waals surface area contributed by atoms with Gasteiger partial charge in [0.25, 0.3) is 0 Å². The molecule has 0 spiro atoms. The van der Waals surface area contributed by atoms with E-state index in [0.29, 0.717) is 18.4 Å². The van der Waals surface area contributed by atoms with Gasteiger partial charge in [0.15, 0.2) is 11.6 Å². The third-order valence-electron chi connectivity index (χ3n) is 3.22. The minimum Gasteiger partial charge on any atom is -0.497 e. The van der Waals surface area contributed by atoms with Crippen LogP contribution in [0.1, 0.15) is 22.9 Å². The second kappa shape index (κ2) is 7.10. The summed E-state index contributed by atoms with van der Waals surface area (Å²) >= 11 is 12.2. The first-order valence-electron chi connectivity index (χ1n) is 6.42. The van der Waals surface area contributed by atoms with Crippen LogP contribution in [0.2, 0.25) is 5.02 Å². The SMILES string of the molecule is COc1ccc(CCC(Cl)c2cc(F)c(F)cc2Cl)cc1. The standard InChI is InChI=1S/C16H14Cl2F2O/c1-21-11-5-2-10(3-6-11)4-7-13(17)12-8-15(19)16(20)9-14(12)18/h2-3,5-6,8-9,13H,4,7H2,1H3. The number of hydrogen-bond acceptors (Lipinski definition) is 1. The third-order valence-corrected chi connectivity index (χ3v) is 4.00. The van der Waals surface area contributed by atoms with E-state index in [2.05, 4.69) is 0 Å². The Kier molecular flexibility index (Phi) is 5.43. The van der Waals surface area contributed by atoms with Crippen LogP contribution in [0.15, 0.2) is 36.4 Å². The summed E-state index contributed by atoms with van der Waals surface area (Å²) in [7, 11) is 1.61. The van der Waals surface area contributed by atoms with Crippen molar-refractivity contribution in [1.82, 2.24) is 0 Å². The number of halogens is 4. The number of benzene rings is 2. The summed E-state index contributed by atoms with van der Waals surface area (Å²) in [6.45, 7) is 0. The largest absolute Gasteiger partial charge is 0.497 e. The molecule has 21 heavy (non-hydrogen) atoms. The fourth-order valence-corrected chi connectivity index (χ4v) is 2.65. The van der Waals surface area contributed by atoms with Crippen LogP contribution in [0, 0.1) is 11.6 Å². The van der Waals surface area contributed by atoms with Crippen molar-refractivity contribution in [2.45, 2.75) is 18.2 Å². The van der Waals surface area contributed by atoms with Gasteiger partial charge in [0.2, 0.25) is 0 Å². The molecule has 2 rings (SSSR count). The van der Waals surface area contributed by atoms with Crippen LogP contribution in [-0.4, -0.2) is 7.11 Å². The quantitative estimate of drug-likeness (QED) is 0.516. The molecule has 0 bridgehead atoms. The van der Waals surface area contributed by atoms with E-state index in [1.54, 1.807) is 7.11 Å². The van der Waals surface area contributed by atoms with Gasteiger partial charge in [-0.05, 0) is 48.2 Å². The Balaban J connectivity index is 2.04. The van der Waals surface area contributed by atoms with Crippen LogP contribution in [0.25, 0.3) is 0 Å². The van der Waals surface area contributed by atoms with Crippen LogP contribution in [0.3, 0.4) is 0 Å². The molecule has 5 heteroatoms. The lowest BCUT2D eigenvalue weighted by atomic mass is 10.0. The lowest BCUT2D eigenvalue weighted by Gasteiger charge is -2.12. The molecular weight excluding hydrogens is 317 g/mol. The third kappa shape index (κ3) is 4.08. The van der Waals surface area contributed by atoms with Gasteiger partial charge < -0.3 is 4.74 Å². The maximum Gasteiger partial charge on any atom is 0.160 e. The maximum absolute atomic E-state index is 13.3. The van der Waals surface area contributed by atoms with E-state index in [1.165, 1.54) is 0 Å². The van der Waals surface area contributed by atoms with Crippen LogP contribution in [-0.2, 0) is 6.42 Å². The molecule has 0 N–H and O–H groups in total. The molecule has 0 aliphatic carbocycles. The van der Waals surface area contributed by atoms with Gasteiger partial charge in [0.1, 0.15) is 5.75 Å². The smallest absolute Gasteiger partial charge is 0.160 e. The zero-order chi connectivity index (χ0) is 15.4. The van der Waals surface area contributed by atoms with E-state index in [4.69, 9.17) is 27.9 Å².